The van der Waals surface area contributed by atoms with E-state index in [1.807, 2.05) is 48.5 Å². The van der Waals surface area contributed by atoms with Gasteiger partial charge in [0, 0.05) is 24.3 Å². The van der Waals surface area contributed by atoms with E-state index in [0.29, 0.717) is 12.1 Å². The molecule has 0 aliphatic carbocycles. The average molecular weight is 352 g/mol. The maximum atomic E-state index is 12.4. The van der Waals surface area contributed by atoms with Gasteiger partial charge in [-0.05, 0) is 55.7 Å². The Balaban J connectivity index is 1.61. The van der Waals surface area contributed by atoms with Crippen molar-refractivity contribution in [3.05, 3.63) is 54.1 Å². The molecular formula is C21H24N2O3. The average Bonchev–Trinajstić information content (AvgIpc) is 3.08. The summed E-state index contributed by atoms with van der Waals surface area (Å²) in [7, 11) is 0. The van der Waals surface area contributed by atoms with Crippen molar-refractivity contribution in [2.75, 3.05) is 16.8 Å². The number of ether oxygens (including phenoxy) is 1. The Kier molecular flexibility index (Phi) is 5.56. The van der Waals surface area contributed by atoms with Crippen LogP contribution < -0.4 is 15.0 Å². The fourth-order valence-corrected chi connectivity index (χ4v) is 3.04. The summed E-state index contributed by atoms with van der Waals surface area (Å²) in [6.45, 7) is 4.55. The Labute approximate surface area is 154 Å². The van der Waals surface area contributed by atoms with Crippen molar-refractivity contribution in [1.29, 1.82) is 0 Å². The smallest absolute Gasteiger partial charge is 0.265 e. The number of nitrogens with zero attached hydrogens (tertiary/aromatic N) is 1. The highest BCUT2D eigenvalue weighted by Gasteiger charge is 2.21. The highest BCUT2D eigenvalue weighted by Crippen LogP contribution is 2.24. The Morgan fingerprint density at radius 2 is 1.92 bits per heavy atom. The van der Waals surface area contributed by atoms with Crippen LogP contribution in [0.3, 0.4) is 0 Å². The molecule has 5 heteroatoms. The number of benzene rings is 2. The Morgan fingerprint density at radius 3 is 2.58 bits per heavy atom. The molecule has 1 atom stereocenters. The number of para-hydroxylation sites is 1. The minimum absolute atomic E-state index is 0.151. The summed E-state index contributed by atoms with van der Waals surface area (Å²) in [6.07, 6.45) is 1.74. The number of aryl methyl sites for hydroxylation is 1. The van der Waals surface area contributed by atoms with Crippen LogP contribution in [0.4, 0.5) is 11.4 Å². The Hall–Kier alpha value is -2.82. The standard InChI is InChI=1S/C21H24N2O3/c1-3-16-7-4-5-8-19(16)26-15(2)21(25)22-17-10-12-18(13-11-17)23-14-6-9-20(23)24/h4-5,7-8,10-13,15H,3,6,9,14H2,1-2H3,(H,22,25)/t15-/m0/s1. The van der Waals surface area contributed by atoms with E-state index in [9.17, 15) is 9.59 Å². The van der Waals surface area contributed by atoms with E-state index >= 15 is 0 Å². The largest absolute Gasteiger partial charge is 0.481 e. The lowest BCUT2D eigenvalue weighted by Gasteiger charge is -2.18. The molecule has 1 aliphatic heterocycles. The van der Waals surface area contributed by atoms with E-state index in [2.05, 4.69) is 12.2 Å². The molecular weight excluding hydrogens is 328 g/mol. The second-order valence-electron chi connectivity index (χ2n) is 6.41. The number of anilines is 2. The normalized spacial score (nSPS) is 15.0. The highest BCUT2D eigenvalue weighted by atomic mass is 16.5. The first-order valence-corrected chi connectivity index (χ1v) is 9.04. The molecule has 1 saturated heterocycles. The highest BCUT2D eigenvalue weighted by molar-refractivity contribution is 5.96. The summed E-state index contributed by atoms with van der Waals surface area (Å²) in [5, 5.41) is 2.86. The van der Waals surface area contributed by atoms with Gasteiger partial charge in [-0.15, -0.1) is 0 Å². The number of amides is 2. The van der Waals surface area contributed by atoms with E-state index < -0.39 is 6.10 Å². The van der Waals surface area contributed by atoms with Gasteiger partial charge in [0.1, 0.15) is 5.75 Å². The van der Waals surface area contributed by atoms with Crippen LogP contribution in [0, 0.1) is 0 Å². The molecule has 1 heterocycles. The van der Waals surface area contributed by atoms with Gasteiger partial charge in [0.05, 0.1) is 0 Å². The van der Waals surface area contributed by atoms with Crippen molar-refractivity contribution in [2.24, 2.45) is 0 Å². The summed E-state index contributed by atoms with van der Waals surface area (Å²) >= 11 is 0. The van der Waals surface area contributed by atoms with Gasteiger partial charge in [-0.3, -0.25) is 9.59 Å². The van der Waals surface area contributed by atoms with Crippen LogP contribution in [-0.2, 0) is 16.0 Å². The molecule has 0 aromatic heterocycles. The predicted octanol–water partition coefficient (Wildman–Crippen LogP) is 3.78. The molecule has 5 nitrogen and oxygen atoms in total. The summed E-state index contributed by atoms with van der Waals surface area (Å²) in [5.74, 6) is 0.680. The molecule has 136 valence electrons. The molecule has 3 rings (SSSR count). The van der Waals surface area contributed by atoms with Gasteiger partial charge >= 0.3 is 0 Å². The fraction of sp³-hybridized carbons (Fsp3) is 0.333. The maximum absolute atomic E-state index is 12.4. The molecule has 1 N–H and O–H groups in total. The number of rotatable bonds is 6. The third-order valence-electron chi connectivity index (χ3n) is 4.55. The molecule has 2 amide bonds. The van der Waals surface area contributed by atoms with Gasteiger partial charge < -0.3 is 15.0 Å². The number of hydrogen-bond acceptors (Lipinski definition) is 3. The summed E-state index contributed by atoms with van der Waals surface area (Å²) in [6, 6.07) is 15.1. The summed E-state index contributed by atoms with van der Waals surface area (Å²) in [4.78, 5) is 26.0. The molecule has 2 aromatic rings. The molecule has 2 aromatic carbocycles. The zero-order valence-corrected chi connectivity index (χ0v) is 15.2. The van der Waals surface area contributed by atoms with E-state index in [1.54, 1.807) is 11.8 Å². The molecule has 0 saturated carbocycles. The van der Waals surface area contributed by atoms with Crippen molar-refractivity contribution in [3.8, 4) is 5.75 Å². The number of hydrogen-bond donors (Lipinski definition) is 1. The summed E-state index contributed by atoms with van der Waals surface area (Å²) < 4.78 is 5.82. The molecule has 0 spiro atoms. The maximum Gasteiger partial charge on any atom is 0.265 e. The van der Waals surface area contributed by atoms with Gasteiger partial charge in [-0.25, -0.2) is 0 Å². The van der Waals surface area contributed by atoms with Crippen LogP contribution in [0.1, 0.15) is 32.3 Å². The third-order valence-corrected chi connectivity index (χ3v) is 4.55. The monoisotopic (exact) mass is 352 g/mol. The second kappa shape index (κ2) is 8.04. The molecule has 0 unspecified atom stereocenters. The number of carbonyl (C=O) groups excluding carboxylic acids is 2. The van der Waals surface area contributed by atoms with Crippen LogP contribution in [-0.4, -0.2) is 24.5 Å². The van der Waals surface area contributed by atoms with Gasteiger partial charge in [0.2, 0.25) is 5.91 Å². The van der Waals surface area contributed by atoms with Crippen LogP contribution in [0.5, 0.6) is 5.75 Å². The SMILES string of the molecule is CCc1ccccc1O[C@@H](C)C(=O)Nc1ccc(N2CCCC2=O)cc1. The van der Waals surface area contributed by atoms with Crippen LogP contribution >= 0.6 is 0 Å². The lowest BCUT2D eigenvalue weighted by Crippen LogP contribution is -2.30. The number of carbonyl (C=O) groups is 2. The lowest BCUT2D eigenvalue weighted by atomic mass is 10.1. The van der Waals surface area contributed by atoms with Crippen molar-refractivity contribution >= 4 is 23.2 Å². The van der Waals surface area contributed by atoms with E-state index in [0.717, 1.165) is 36.4 Å². The van der Waals surface area contributed by atoms with E-state index in [4.69, 9.17) is 4.74 Å². The lowest BCUT2D eigenvalue weighted by molar-refractivity contribution is -0.122. The molecule has 26 heavy (non-hydrogen) atoms. The van der Waals surface area contributed by atoms with Crippen LogP contribution in [0.2, 0.25) is 0 Å². The van der Waals surface area contributed by atoms with Gasteiger partial charge in [-0.2, -0.15) is 0 Å². The van der Waals surface area contributed by atoms with Crippen molar-refractivity contribution in [2.45, 2.75) is 39.2 Å². The molecule has 1 aliphatic rings. The van der Waals surface area contributed by atoms with Crippen molar-refractivity contribution in [1.82, 2.24) is 0 Å². The summed E-state index contributed by atoms with van der Waals surface area (Å²) in [5.41, 5.74) is 2.63. The minimum atomic E-state index is -0.609. The van der Waals surface area contributed by atoms with Crippen molar-refractivity contribution in [3.63, 3.8) is 0 Å². The van der Waals surface area contributed by atoms with Gasteiger partial charge in [-0.1, -0.05) is 25.1 Å². The van der Waals surface area contributed by atoms with Crippen molar-refractivity contribution < 1.29 is 14.3 Å². The third kappa shape index (κ3) is 4.04. The first-order chi connectivity index (χ1) is 12.6. The fourth-order valence-electron chi connectivity index (χ4n) is 3.04. The number of nitrogens with one attached hydrogen (secondary N) is 1. The molecule has 0 bridgehead atoms. The first kappa shape index (κ1) is 18.0. The van der Waals surface area contributed by atoms with Crippen LogP contribution in [0.25, 0.3) is 0 Å². The Morgan fingerprint density at radius 1 is 1.19 bits per heavy atom. The van der Waals surface area contributed by atoms with E-state index in [-0.39, 0.29) is 11.8 Å². The van der Waals surface area contributed by atoms with Gasteiger partial charge in [0.25, 0.3) is 5.91 Å². The predicted molar refractivity (Wildman–Crippen MR) is 103 cm³/mol. The first-order valence-electron chi connectivity index (χ1n) is 9.04. The zero-order valence-electron chi connectivity index (χ0n) is 15.2. The topological polar surface area (TPSA) is 58.6 Å². The van der Waals surface area contributed by atoms with E-state index in [1.165, 1.54) is 0 Å². The second-order valence-corrected chi connectivity index (χ2v) is 6.41. The van der Waals surface area contributed by atoms with Gasteiger partial charge in [0.15, 0.2) is 6.10 Å². The zero-order chi connectivity index (χ0) is 18.5. The van der Waals surface area contributed by atoms with Crippen LogP contribution in [0.15, 0.2) is 48.5 Å². The quantitative estimate of drug-likeness (QED) is 0.861. The Bertz CT molecular complexity index is 786. The molecule has 1 fully saturated rings. The minimum Gasteiger partial charge on any atom is -0.481 e. The molecule has 0 radical (unpaired) electrons.